The van der Waals surface area contributed by atoms with Gasteiger partial charge in [-0.2, -0.15) is 4.31 Å². The van der Waals surface area contributed by atoms with Crippen LogP contribution in [0.1, 0.15) is 54.0 Å². The number of carbonyl (C=O) groups is 1. The quantitative estimate of drug-likeness (QED) is 0.267. The van der Waals surface area contributed by atoms with E-state index >= 15 is 0 Å². The fraction of sp³-hybridized carbons (Fsp3) is 0.452. The molecule has 2 aromatic carbocycles. The fourth-order valence-corrected chi connectivity index (χ4v) is 6.37. The summed E-state index contributed by atoms with van der Waals surface area (Å²) in [5.74, 6) is 0.768. The smallest absolute Gasteiger partial charge is 0.246 e. The van der Waals surface area contributed by atoms with Gasteiger partial charge in [-0.3, -0.25) is 4.79 Å². The van der Waals surface area contributed by atoms with Crippen molar-refractivity contribution in [3.8, 4) is 5.75 Å². The van der Waals surface area contributed by atoms with Crippen LogP contribution in [0.15, 0.2) is 42.5 Å². The number of carbonyl (C=O) groups excluding carboxylic acids is 1. The van der Waals surface area contributed by atoms with Crippen molar-refractivity contribution in [1.29, 1.82) is 0 Å². The van der Waals surface area contributed by atoms with E-state index in [1.165, 1.54) is 4.31 Å². The molecule has 212 valence electrons. The maximum absolute atomic E-state index is 13.0. The highest BCUT2D eigenvalue weighted by Crippen LogP contribution is 2.22. The Labute approximate surface area is 234 Å². The number of rotatable bonds is 12. The van der Waals surface area contributed by atoms with E-state index in [-0.39, 0.29) is 17.8 Å². The second-order valence-electron chi connectivity index (χ2n) is 10.00. The summed E-state index contributed by atoms with van der Waals surface area (Å²) in [6.45, 7) is 7.54. The Kier molecular flexibility index (Phi) is 11.3. The van der Waals surface area contributed by atoms with Crippen LogP contribution in [0.25, 0.3) is 18.2 Å². The van der Waals surface area contributed by atoms with Crippen molar-refractivity contribution in [3.05, 3.63) is 70.3 Å². The van der Waals surface area contributed by atoms with E-state index in [4.69, 9.17) is 9.47 Å². The SMILES string of the molecule is CCCC(CCS(=O)(=O)N1CCN(C(=O)/C=C/c2c(C)cc(C)cc2/C=C/c2ccc(OC)cc2)CC1)OC. The lowest BCUT2D eigenvalue weighted by atomic mass is 9.97. The van der Waals surface area contributed by atoms with E-state index in [0.29, 0.717) is 32.6 Å². The Bertz CT molecular complexity index is 1260. The van der Waals surface area contributed by atoms with Crippen LogP contribution < -0.4 is 4.74 Å². The molecule has 1 atom stereocenters. The summed E-state index contributed by atoms with van der Waals surface area (Å²) in [7, 11) is -0.101. The molecule has 1 aliphatic rings. The zero-order chi connectivity index (χ0) is 28.4. The molecule has 1 unspecified atom stereocenters. The van der Waals surface area contributed by atoms with Crippen molar-refractivity contribution in [1.82, 2.24) is 9.21 Å². The number of aryl methyl sites for hydroxylation is 2. The van der Waals surface area contributed by atoms with Crippen molar-refractivity contribution in [3.63, 3.8) is 0 Å². The summed E-state index contributed by atoms with van der Waals surface area (Å²) in [5.41, 5.74) is 5.30. The monoisotopic (exact) mass is 554 g/mol. The predicted octanol–water partition coefficient (Wildman–Crippen LogP) is 5.17. The minimum Gasteiger partial charge on any atom is -0.497 e. The maximum Gasteiger partial charge on any atom is 0.246 e. The van der Waals surface area contributed by atoms with Gasteiger partial charge in [0.15, 0.2) is 0 Å². The third-order valence-electron chi connectivity index (χ3n) is 7.11. The van der Waals surface area contributed by atoms with Crippen molar-refractivity contribution in [2.45, 2.75) is 46.1 Å². The largest absolute Gasteiger partial charge is 0.497 e. The van der Waals surface area contributed by atoms with Gasteiger partial charge in [0.2, 0.25) is 15.9 Å². The molecule has 2 aromatic rings. The lowest BCUT2D eigenvalue weighted by Gasteiger charge is -2.33. The average molecular weight is 555 g/mol. The number of methoxy groups -OCH3 is 2. The molecule has 0 N–H and O–H groups in total. The topological polar surface area (TPSA) is 76.2 Å². The predicted molar refractivity (Wildman–Crippen MR) is 159 cm³/mol. The number of benzene rings is 2. The van der Waals surface area contributed by atoms with Gasteiger partial charge >= 0.3 is 0 Å². The van der Waals surface area contributed by atoms with Gasteiger partial charge in [0.05, 0.1) is 19.0 Å². The van der Waals surface area contributed by atoms with Crippen LogP contribution in [-0.4, -0.2) is 75.8 Å². The van der Waals surface area contributed by atoms with Crippen LogP contribution in [-0.2, 0) is 19.6 Å². The summed E-state index contributed by atoms with van der Waals surface area (Å²) in [5, 5.41) is 0. The second kappa shape index (κ2) is 14.4. The zero-order valence-corrected chi connectivity index (χ0v) is 24.7. The van der Waals surface area contributed by atoms with Crippen molar-refractivity contribution < 1.29 is 22.7 Å². The van der Waals surface area contributed by atoms with Crippen molar-refractivity contribution in [2.75, 3.05) is 46.2 Å². The van der Waals surface area contributed by atoms with Gasteiger partial charge in [-0.05, 0) is 67.2 Å². The molecule has 7 nitrogen and oxygen atoms in total. The molecular formula is C31H42N2O5S. The minimum absolute atomic E-state index is 0.0426. The summed E-state index contributed by atoms with van der Waals surface area (Å²) >= 11 is 0. The average Bonchev–Trinajstić information content (AvgIpc) is 2.93. The zero-order valence-electron chi connectivity index (χ0n) is 23.9. The first kappa shape index (κ1) is 30.6. The normalized spacial score (nSPS) is 15.8. The first-order valence-electron chi connectivity index (χ1n) is 13.6. The molecular weight excluding hydrogens is 512 g/mol. The van der Waals surface area contributed by atoms with Crippen molar-refractivity contribution in [2.24, 2.45) is 0 Å². The lowest BCUT2D eigenvalue weighted by Crippen LogP contribution is -2.50. The number of hydrogen-bond acceptors (Lipinski definition) is 5. The van der Waals surface area contributed by atoms with Gasteiger partial charge in [0.1, 0.15) is 5.75 Å². The van der Waals surface area contributed by atoms with Gasteiger partial charge in [0.25, 0.3) is 0 Å². The van der Waals surface area contributed by atoms with Crippen LogP contribution in [0.2, 0.25) is 0 Å². The van der Waals surface area contributed by atoms with Gasteiger partial charge in [-0.25, -0.2) is 8.42 Å². The standard InChI is InChI=1S/C31H42N2O5S/c1-6-7-28(37-4)16-21-39(35,36)33-19-17-32(18-20-33)31(34)15-14-30-25(3)22-24(2)23-27(30)11-8-26-9-12-29(38-5)13-10-26/h8-15,22-23,28H,6-7,16-21H2,1-5H3/b11-8+,15-14+. The van der Waals surface area contributed by atoms with Crippen LogP contribution in [0.3, 0.4) is 0 Å². The van der Waals surface area contributed by atoms with E-state index in [2.05, 4.69) is 32.1 Å². The Morgan fingerprint density at radius 1 is 0.974 bits per heavy atom. The highest BCUT2D eigenvalue weighted by Gasteiger charge is 2.28. The summed E-state index contributed by atoms with van der Waals surface area (Å²) in [6.07, 6.45) is 9.81. The van der Waals surface area contributed by atoms with E-state index in [1.54, 1.807) is 25.2 Å². The third kappa shape index (κ3) is 8.78. The Balaban J connectivity index is 1.64. The Morgan fingerprint density at radius 3 is 2.28 bits per heavy atom. The molecule has 0 spiro atoms. The molecule has 0 saturated carbocycles. The molecule has 1 amide bonds. The first-order valence-corrected chi connectivity index (χ1v) is 15.2. The molecule has 0 aromatic heterocycles. The van der Waals surface area contributed by atoms with Crippen LogP contribution in [0.5, 0.6) is 5.75 Å². The minimum atomic E-state index is -3.38. The van der Waals surface area contributed by atoms with E-state index in [9.17, 15) is 13.2 Å². The summed E-state index contributed by atoms with van der Waals surface area (Å²) in [4.78, 5) is 14.7. The highest BCUT2D eigenvalue weighted by molar-refractivity contribution is 7.89. The number of sulfonamides is 1. The molecule has 1 fully saturated rings. The molecule has 0 radical (unpaired) electrons. The second-order valence-corrected chi connectivity index (χ2v) is 12.1. The Hall–Kier alpha value is -2.94. The molecule has 0 bridgehead atoms. The first-order chi connectivity index (χ1) is 18.7. The fourth-order valence-electron chi connectivity index (χ4n) is 4.84. The van der Waals surface area contributed by atoms with Crippen LogP contribution >= 0.6 is 0 Å². The van der Waals surface area contributed by atoms with E-state index < -0.39 is 10.0 Å². The van der Waals surface area contributed by atoms with Gasteiger partial charge in [0, 0.05) is 39.4 Å². The molecule has 1 aliphatic heterocycles. The number of piperazine rings is 1. The lowest BCUT2D eigenvalue weighted by molar-refractivity contribution is -0.127. The maximum atomic E-state index is 13.0. The molecule has 3 rings (SSSR count). The van der Waals surface area contributed by atoms with Gasteiger partial charge < -0.3 is 14.4 Å². The van der Waals surface area contributed by atoms with Crippen LogP contribution in [0, 0.1) is 13.8 Å². The number of hydrogen-bond donors (Lipinski definition) is 0. The summed E-state index contributed by atoms with van der Waals surface area (Å²) < 4.78 is 37.8. The Morgan fingerprint density at radius 2 is 1.67 bits per heavy atom. The van der Waals surface area contributed by atoms with Gasteiger partial charge in [-0.1, -0.05) is 55.3 Å². The molecule has 1 heterocycles. The highest BCUT2D eigenvalue weighted by atomic mass is 32.2. The number of nitrogens with zero attached hydrogens (tertiary/aromatic N) is 2. The molecule has 39 heavy (non-hydrogen) atoms. The van der Waals surface area contributed by atoms with Crippen molar-refractivity contribution >= 4 is 34.2 Å². The molecule has 8 heteroatoms. The summed E-state index contributed by atoms with van der Waals surface area (Å²) in [6, 6.07) is 12.1. The van der Waals surface area contributed by atoms with E-state index in [0.717, 1.165) is 46.4 Å². The van der Waals surface area contributed by atoms with Crippen LogP contribution in [0.4, 0.5) is 0 Å². The number of ether oxygens (including phenoxy) is 2. The number of amides is 1. The molecule has 0 aliphatic carbocycles. The van der Waals surface area contributed by atoms with Gasteiger partial charge in [-0.15, -0.1) is 0 Å². The molecule has 1 saturated heterocycles. The van der Waals surface area contributed by atoms with E-state index in [1.807, 2.05) is 43.3 Å². The third-order valence-corrected chi connectivity index (χ3v) is 9.02.